The summed E-state index contributed by atoms with van der Waals surface area (Å²) >= 11 is 0. The number of carbonyl (C=O) groups is 2. The number of piperidine rings is 3. The standard InChI is InChI=1S/C34H49N5O2/c40-33(35-14-22-37-16-6-1-7-17-37)30-24-29(32-13-5-4-12-28(32)27-39-20-10-3-11-21-39)25-31(26-30)34(41)36-15-23-38-18-8-2-9-19-38/h4-5,12-13,24-26H,1-3,6-11,14-23,27H2,(H,35,40)(H,36,41). The molecule has 3 fully saturated rings. The average Bonchev–Trinajstić information content (AvgIpc) is 3.02. The van der Waals surface area contributed by atoms with E-state index in [0.29, 0.717) is 24.2 Å². The summed E-state index contributed by atoms with van der Waals surface area (Å²) in [5.74, 6) is -0.223. The lowest BCUT2D eigenvalue weighted by Gasteiger charge is -2.27. The fraction of sp³-hybridized carbons (Fsp3) is 0.588. The van der Waals surface area contributed by atoms with Crippen molar-refractivity contribution in [2.45, 2.75) is 64.3 Å². The van der Waals surface area contributed by atoms with Gasteiger partial charge in [0, 0.05) is 43.9 Å². The van der Waals surface area contributed by atoms with E-state index in [2.05, 4.69) is 49.6 Å². The molecular formula is C34H49N5O2. The maximum absolute atomic E-state index is 13.4. The number of nitrogens with zero attached hydrogens (tertiary/aromatic N) is 3. The van der Waals surface area contributed by atoms with Crippen LogP contribution in [-0.2, 0) is 6.54 Å². The number of amides is 2. The first-order chi connectivity index (χ1) is 20.2. The Morgan fingerprint density at radius 2 is 1.05 bits per heavy atom. The average molecular weight is 560 g/mol. The van der Waals surface area contributed by atoms with Crippen molar-refractivity contribution in [1.29, 1.82) is 0 Å². The van der Waals surface area contributed by atoms with Crippen molar-refractivity contribution in [1.82, 2.24) is 25.3 Å². The van der Waals surface area contributed by atoms with Gasteiger partial charge in [-0.2, -0.15) is 0 Å². The molecule has 3 saturated heterocycles. The summed E-state index contributed by atoms with van der Waals surface area (Å²) in [6.07, 6.45) is 11.4. The van der Waals surface area contributed by atoms with E-state index in [1.807, 2.05) is 12.1 Å². The van der Waals surface area contributed by atoms with Gasteiger partial charge in [0.05, 0.1) is 0 Å². The van der Waals surface area contributed by atoms with E-state index in [-0.39, 0.29) is 11.8 Å². The van der Waals surface area contributed by atoms with Crippen molar-refractivity contribution in [2.75, 3.05) is 65.4 Å². The zero-order valence-electron chi connectivity index (χ0n) is 24.8. The van der Waals surface area contributed by atoms with Gasteiger partial charge < -0.3 is 20.4 Å². The first kappa shape index (κ1) is 29.7. The molecule has 0 saturated carbocycles. The number of hydrogen-bond donors (Lipinski definition) is 2. The Morgan fingerprint density at radius 1 is 0.585 bits per heavy atom. The first-order valence-electron chi connectivity index (χ1n) is 16.1. The lowest BCUT2D eigenvalue weighted by Crippen LogP contribution is -2.38. The molecule has 0 spiro atoms. The van der Waals surface area contributed by atoms with Crippen molar-refractivity contribution in [3.8, 4) is 11.1 Å². The van der Waals surface area contributed by atoms with E-state index in [0.717, 1.165) is 70.0 Å². The van der Waals surface area contributed by atoms with Crippen LogP contribution in [0.1, 0.15) is 84.1 Å². The van der Waals surface area contributed by atoms with Crippen molar-refractivity contribution >= 4 is 11.8 Å². The van der Waals surface area contributed by atoms with E-state index in [1.165, 1.54) is 63.4 Å². The van der Waals surface area contributed by atoms with Crippen LogP contribution in [-0.4, -0.2) is 92.0 Å². The van der Waals surface area contributed by atoms with Gasteiger partial charge in [-0.15, -0.1) is 0 Å². The minimum atomic E-state index is -0.111. The van der Waals surface area contributed by atoms with Crippen LogP contribution in [0, 0.1) is 0 Å². The summed E-state index contributed by atoms with van der Waals surface area (Å²) in [5, 5.41) is 6.26. The quantitative estimate of drug-likeness (QED) is 0.415. The lowest BCUT2D eigenvalue weighted by molar-refractivity contribution is 0.0946. The van der Waals surface area contributed by atoms with Crippen molar-refractivity contribution < 1.29 is 9.59 Å². The number of nitrogens with one attached hydrogen (secondary N) is 2. The minimum Gasteiger partial charge on any atom is -0.351 e. The molecule has 0 atom stereocenters. The van der Waals surface area contributed by atoms with Crippen LogP contribution in [0.15, 0.2) is 42.5 Å². The predicted molar refractivity (Wildman–Crippen MR) is 166 cm³/mol. The molecule has 222 valence electrons. The smallest absolute Gasteiger partial charge is 0.251 e. The fourth-order valence-electron chi connectivity index (χ4n) is 6.57. The third kappa shape index (κ3) is 8.87. The number of carbonyl (C=O) groups excluding carboxylic acids is 2. The molecule has 7 nitrogen and oxygen atoms in total. The Bertz CT molecular complexity index is 1080. The summed E-state index contributed by atoms with van der Waals surface area (Å²) in [5.41, 5.74) is 4.38. The van der Waals surface area contributed by atoms with Crippen molar-refractivity contribution in [3.63, 3.8) is 0 Å². The first-order valence-corrected chi connectivity index (χ1v) is 16.1. The second kappa shape index (κ2) is 15.5. The normalized spacial score (nSPS) is 19.1. The molecule has 41 heavy (non-hydrogen) atoms. The predicted octanol–water partition coefficient (Wildman–Crippen LogP) is 4.77. The SMILES string of the molecule is O=C(NCCN1CCCCC1)c1cc(C(=O)NCCN2CCCCC2)cc(-c2ccccc2CN2CCCCC2)c1. The Labute approximate surface area is 246 Å². The molecule has 3 heterocycles. The highest BCUT2D eigenvalue weighted by molar-refractivity contribution is 6.01. The zero-order valence-corrected chi connectivity index (χ0v) is 24.8. The Morgan fingerprint density at radius 3 is 1.56 bits per heavy atom. The zero-order chi connectivity index (χ0) is 28.3. The summed E-state index contributed by atoms with van der Waals surface area (Å²) in [6, 6.07) is 14.2. The third-order valence-electron chi connectivity index (χ3n) is 8.95. The molecule has 2 N–H and O–H groups in total. The maximum Gasteiger partial charge on any atom is 0.251 e. The lowest BCUT2D eigenvalue weighted by atomic mass is 9.94. The number of hydrogen-bond acceptors (Lipinski definition) is 5. The van der Waals surface area contributed by atoms with Crippen LogP contribution >= 0.6 is 0 Å². The molecule has 3 aliphatic heterocycles. The summed E-state index contributed by atoms with van der Waals surface area (Å²) in [6.45, 7) is 10.6. The van der Waals surface area contributed by atoms with Crippen molar-refractivity contribution in [3.05, 3.63) is 59.2 Å². The molecule has 3 aliphatic rings. The summed E-state index contributed by atoms with van der Waals surface area (Å²) in [4.78, 5) is 34.2. The molecule has 2 aromatic carbocycles. The van der Waals surface area contributed by atoms with E-state index >= 15 is 0 Å². The Kier molecular flexibility index (Phi) is 11.2. The third-order valence-corrected chi connectivity index (χ3v) is 8.95. The van der Waals surface area contributed by atoms with Gasteiger partial charge in [-0.05, 0) is 113 Å². The van der Waals surface area contributed by atoms with Gasteiger partial charge in [0.25, 0.3) is 11.8 Å². The van der Waals surface area contributed by atoms with Crippen LogP contribution in [0.4, 0.5) is 0 Å². The minimum absolute atomic E-state index is 0.111. The summed E-state index contributed by atoms with van der Waals surface area (Å²) < 4.78 is 0. The van der Waals surface area contributed by atoms with E-state index in [1.54, 1.807) is 6.07 Å². The van der Waals surface area contributed by atoms with Crippen LogP contribution in [0.2, 0.25) is 0 Å². The van der Waals surface area contributed by atoms with Crippen LogP contribution in [0.5, 0.6) is 0 Å². The molecule has 2 amide bonds. The largest absolute Gasteiger partial charge is 0.351 e. The number of benzene rings is 2. The molecule has 0 aliphatic carbocycles. The Balaban J connectivity index is 1.32. The Hall–Kier alpha value is -2.74. The molecule has 0 radical (unpaired) electrons. The van der Waals surface area contributed by atoms with E-state index in [9.17, 15) is 9.59 Å². The highest BCUT2D eigenvalue weighted by Gasteiger charge is 2.18. The molecular weight excluding hydrogens is 510 g/mol. The van der Waals surface area contributed by atoms with E-state index in [4.69, 9.17) is 0 Å². The molecule has 0 unspecified atom stereocenters. The highest BCUT2D eigenvalue weighted by Crippen LogP contribution is 2.28. The highest BCUT2D eigenvalue weighted by atomic mass is 16.2. The summed E-state index contributed by atoms with van der Waals surface area (Å²) in [7, 11) is 0. The number of likely N-dealkylation sites (tertiary alicyclic amines) is 3. The van der Waals surface area contributed by atoms with Gasteiger partial charge in [-0.25, -0.2) is 0 Å². The fourth-order valence-corrected chi connectivity index (χ4v) is 6.57. The second-order valence-electron chi connectivity index (χ2n) is 12.1. The molecule has 5 rings (SSSR count). The topological polar surface area (TPSA) is 67.9 Å². The van der Waals surface area contributed by atoms with Gasteiger partial charge in [-0.1, -0.05) is 43.5 Å². The second-order valence-corrected chi connectivity index (χ2v) is 12.1. The van der Waals surface area contributed by atoms with Crippen LogP contribution < -0.4 is 10.6 Å². The van der Waals surface area contributed by atoms with Crippen molar-refractivity contribution in [2.24, 2.45) is 0 Å². The van der Waals surface area contributed by atoms with Gasteiger partial charge in [0.2, 0.25) is 0 Å². The number of rotatable bonds is 11. The van der Waals surface area contributed by atoms with Gasteiger partial charge in [0.1, 0.15) is 0 Å². The monoisotopic (exact) mass is 559 g/mol. The van der Waals surface area contributed by atoms with Crippen LogP contribution in [0.3, 0.4) is 0 Å². The molecule has 0 aromatic heterocycles. The van der Waals surface area contributed by atoms with Gasteiger partial charge in [-0.3, -0.25) is 14.5 Å². The van der Waals surface area contributed by atoms with Crippen LogP contribution in [0.25, 0.3) is 11.1 Å². The molecule has 0 bridgehead atoms. The molecule has 2 aromatic rings. The van der Waals surface area contributed by atoms with E-state index < -0.39 is 0 Å². The van der Waals surface area contributed by atoms with Gasteiger partial charge in [0.15, 0.2) is 0 Å². The molecule has 7 heteroatoms. The maximum atomic E-state index is 13.4. The van der Waals surface area contributed by atoms with Gasteiger partial charge >= 0.3 is 0 Å².